The molecule has 0 rings (SSSR count). The number of rotatable bonds is 7. The molecule has 0 saturated heterocycles. The Morgan fingerprint density at radius 3 is 2.44 bits per heavy atom. The quantitative estimate of drug-likeness (QED) is 0.540. The zero-order valence-corrected chi connectivity index (χ0v) is 10.6. The van der Waals surface area contributed by atoms with Gasteiger partial charge in [-0.3, -0.25) is 4.79 Å². The molecule has 0 aliphatic rings. The van der Waals surface area contributed by atoms with Crippen molar-refractivity contribution in [3.05, 3.63) is 0 Å². The fourth-order valence-electron chi connectivity index (χ4n) is 0.719. The number of ether oxygens (including phenoxy) is 1. The Bertz CT molecular complexity index is 326. The number of hydrogen-bond donors (Lipinski definition) is 1. The van der Waals surface area contributed by atoms with E-state index in [4.69, 9.17) is 4.74 Å². The fraction of sp³-hybridized carbons (Fsp3) is 0.889. The molecule has 0 aliphatic carbocycles. The zero-order chi connectivity index (χ0) is 12.8. The van der Waals surface area contributed by atoms with Gasteiger partial charge < -0.3 is 4.74 Å². The Morgan fingerprint density at radius 1 is 1.44 bits per heavy atom. The van der Waals surface area contributed by atoms with E-state index in [1.165, 1.54) is 0 Å². The van der Waals surface area contributed by atoms with Crippen molar-refractivity contribution < 1.29 is 22.3 Å². The van der Waals surface area contributed by atoms with Gasteiger partial charge in [0.25, 0.3) is 0 Å². The number of alkyl halides is 1. The third kappa shape index (κ3) is 5.41. The van der Waals surface area contributed by atoms with Crippen molar-refractivity contribution in [3.63, 3.8) is 0 Å². The summed E-state index contributed by atoms with van der Waals surface area (Å²) in [5.74, 6) is -0.394. The van der Waals surface area contributed by atoms with Gasteiger partial charge in [0, 0.05) is 6.54 Å². The van der Waals surface area contributed by atoms with Crippen LogP contribution in [0.25, 0.3) is 0 Å². The smallest absolute Gasteiger partial charge is 0.311 e. The number of halogens is 1. The van der Waals surface area contributed by atoms with Crippen LogP contribution in [0.1, 0.15) is 27.2 Å². The Labute approximate surface area is 95.4 Å². The van der Waals surface area contributed by atoms with Gasteiger partial charge in [-0.05, 0) is 20.3 Å². The number of carbonyl (C=O) groups is 1. The third-order valence-electron chi connectivity index (χ3n) is 2.24. The topological polar surface area (TPSA) is 72.5 Å². The predicted octanol–water partition coefficient (Wildman–Crippen LogP) is 0.812. The normalized spacial score (nSPS) is 12.5. The highest BCUT2D eigenvalue weighted by Crippen LogP contribution is 2.21. The lowest BCUT2D eigenvalue weighted by Crippen LogP contribution is -2.32. The van der Waals surface area contributed by atoms with Gasteiger partial charge >= 0.3 is 5.97 Å². The van der Waals surface area contributed by atoms with E-state index in [1.54, 1.807) is 13.8 Å². The van der Waals surface area contributed by atoms with Crippen LogP contribution in [0.2, 0.25) is 0 Å². The molecule has 0 amide bonds. The summed E-state index contributed by atoms with van der Waals surface area (Å²) in [4.78, 5) is 11.4. The molecule has 7 heteroatoms. The number of carbonyl (C=O) groups excluding carboxylic acids is 1. The van der Waals surface area contributed by atoms with Crippen molar-refractivity contribution in [2.45, 2.75) is 27.2 Å². The summed E-state index contributed by atoms with van der Waals surface area (Å²) in [6, 6.07) is -1.47. The lowest BCUT2D eigenvalue weighted by molar-refractivity contribution is -0.153. The summed E-state index contributed by atoms with van der Waals surface area (Å²) in [5, 5.41) is 0. The van der Waals surface area contributed by atoms with Gasteiger partial charge in [-0.25, -0.2) is 17.5 Å². The number of esters is 1. The molecule has 0 heterocycles. The van der Waals surface area contributed by atoms with Gasteiger partial charge in [0.2, 0.25) is 16.0 Å². The Morgan fingerprint density at radius 2 is 2.00 bits per heavy atom. The molecule has 16 heavy (non-hydrogen) atoms. The molecule has 0 aromatic heterocycles. The molecule has 0 spiro atoms. The second-order valence-corrected chi connectivity index (χ2v) is 5.73. The van der Waals surface area contributed by atoms with E-state index in [-0.39, 0.29) is 13.2 Å². The summed E-state index contributed by atoms with van der Waals surface area (Å²) in [7, 11) is -3.87. The highest BCUT2D eigenvalue weighted by Gasteiger charge is 2.26. The van der Waals surface area contributed by atoms with Gasteiger partial charge in [0.15, 0.2) is 0 Å². The van der Waals surface area contributed by atoms with Gasteiger partial charge in [-0.2, -0.15) is 0 Å². The zero-order valence-electron chi connectivity index (χ0n) is 9.75. The van der Waals surface area contributed by atoms with E-state index in [0.717, 1.165) is 0 Å². The van der Waals surface area contributed by atoms with Gasteiger partial charge in [0.1, 0.15) is 6.61 Å². The second-order valence-electron chi connectivity index (χ2n) is 3.99. The standard InChI is InChI=1S/C9H18FNO4S/c1-4-9(2,3)8(12)15-6-5-11-16(13,14)7-10/h11H,4-7H2,1-3H3. The van der Waals surface area contributed by atoms with Crippen LogP contribution in [-0.4, -0.2) is 33.5 Å². The van der Waals surface area contributed by atoms with Crippen LogP contribution in [0, 0.1) is 5.41 Å². The van der Waals surface area contributed by atoms with Crippen LogP contribution in [0.3, 0.4) is 0 Å². The van der Waals surface area contributed by atoms with E-state index < -0.39 is 27.4 Å². The molecule has 0 unspecified atom stereocenters. The summed E-state index contributed by atoms with van der Waals surface area (Å²) in [5.41, 5.74) is -0.584. The Balaban J connectivity index is 3.89. The summed E-state index contributed by atoms with van der Waals surface area (Å²) >= 11 is 0. The number of nitrogens with one attached hydrogen (secondary N) is 1. The van der Waals surface area contributed by atoms with Gasteiger partial charge in [-0.1, -0.05) is 6.92 Å². The van der Waals surface area contributed by atoms with E-state index in [9.17, 15) is 17.6 Å². The molecule has 0 aromatic carbocycles. The lowest BCUT2D eigenvalue weighted by atomic mass is 9.91. The molecule has 0 fully saturated rings. The molecule has 0 saturated carbocycles. The van der Waals surface area contributed by atoms with Crippen LogP contribution in [0.4, 0.5) is 4.39 Å². The van der Waals surface area contributed by atoms with Crippen molar-refractivity contribution in [2.24, 2.45) is 5.41 Å². The second kappa shape index (κ2) is 6.15. The minimum Gasteiger partial charge on any atom is -0.464 e. The molecule has 0 atom stereocenters. The summed E-state index contributed by atoms with van der Waals surface area (Å²) < 4.78 is 40.0. The van der Waals surface area contributed by atoms with Crippen LogP contribution in [0.5, 0.6) is 0 Å². The van der Waals surface area contributed by atoms with Crippen LogP contribution < -0.4 is 4.72 Å². The van der Waals surface area contributed by atoms with Crippen molar-refractivity contribution in [2.75, 3.05) is 19.2 Å². The molecular formula is C9H18FNO4S. The van der Waals surface area contributed by atoms with E-state index in [0.29, 0.717) is 6.42 Å². The van der Waals surface area contributed by atoms with Crippen molar-refractivity contribution in [3.8, 4) is 0 Å². The first-order valence-corrected chi connectivity index (χ1v) is 6.61. The van der Waals surface area contributed by atoms with Crippen LogP contribution in [-0.2, 0) is 19.6 Å². The average molecular weight is 255 g/mol. The third-order valence-corrected chi connectivity index (χ3v) is 3.17. The molecule has 0 aromatic rings. The predicted molar refractivity (Wildman–Crippen MR) is 57.9 cm³/mol. The van der Waals surface area contributed by atoms with Crippen LogP contribution >= 0.6 is 0 Å². The van der Waals surface area contributed by atoms with Crippen LogP contribution in [0.15, 0.2) is 0 Å². The van der Waals surface area contributed by atoms with E-state index >= 15 is 0 Å². The minimum atomic E-state index is -3.87. The highest BCUT2D eigenvalue weighted by atomic mass is 32.2. The number of sulfonamides is 1. The molecule has 5 nitrogen and oxygen atoms in total. The average Bonchev–Trinajstić information content (AvgIpc) is 2.24. The van der Waals surface area contributed by atoms with Crippen molar-refractivity contribution in [1.82, 2.24) is 4.72 Å². The molecular weight excluding hydrogens is 237 g/mol. The molecule has 0 radical (unpaired) electrons. The molecule has 1 N–H and O–H groups in total. The number of hydrogen-bond acceptors (Lipinski definition) is 4. The van der Waals surface area contributed by atoms with Gasteiger partial charge in [0.05, 0.1) is 5.41 Å². The Kier molecular flexibility index (Phi) is 5.88. The summed E-state index contributed by atoms with van der Waals surface area (Å²) in [6.45, 7) is 5.12. The monoisotopic (exact) mass is 255 g/mol. The maximum absolute atomic E-state index is 11.8. The SMILES string of the molecule is CCC(C)(C)C(=O)OCCNS(=O)(=O)CF. The van der Waals surface area contributed by atoms with E-state index in [2.05, 4.69) is 0 Å². The molecule has 96 valence electrons. The molecule has 0 aliphatic heterocycles. The lowest BCUT2D eigenvalue weighted by Gasteiger charge is -2.20. The maximum atomic E-state index is 11.8. The van der Waals surface area contributed by atoms with Crippen molar-refractivity contribution in [1.29, 1.82) is 0 Å². The fourth-order valence-corrected chi connectivity index (χ4v) is 1.19. The van der Waals surface area contributed by atoms with E-state index in [1.807, 2.05) is 11.6 Å². The first kappa shape index (κ1) is 15.3. The first-order valence-electron chi connectivity index (χ1n) is 4.95. The summed E-state index contributed by atoms with van der Waals surface area (Å²) in [6.07, 6.45) is 0.627. The first-order chi connectivity index (χ1) is 7.25. The molecule has 0 bridgehead atoms. The Hall–Kier alpha value is -0.690. The van der Waals surface area contributed by atoms with Crippen molar-refractivity contribution >= 4 is 16.0 Å². The highest BCUT2D eigenvalue weighted by molar-refractivity contribution is 7.89. The largest absolute Gasteiger partial charge is 0.464 e. The minimum absolute atomic E-state index is 0.0957. The van der Waals surface area contributed by atoms with Gasteiger partial charge in [-0.15, -0.1) is 0 Å². The maximum Gasteiger partial charge on any atom is 0.311 e.